The predicted molar refractivity (Wildman–Crippen MR) is 80.0 cm³/mol. The number of benzene rings is 1. The standard InChI is InChI=1S/C15H17NO3S/c17-7-9-19-8-6-16-15(18)13-3-1-12(2-4-13)14-5-10-20-11-14/h1-5,10-11,17H,6-9H2,(H,16,18). The maximum absolute atomic E-state index is 11.9. The van der Waals surface area contributed by atoms with Crippen molar-refractivity contribution in [2.24, 2.45) is 0 Å². The summed E-state index contributed by atoms with van der Waals surface area (Å²) in [5.74, 6) is -0.116. The number of thiophene rings is 1. The summed E-state index contributed by atoms with van der Waals surface area (Å²) in [5.41, 5.74) is 2.90. The lowest BCUT2D eigenvalue weighted by Crippen LogP contribution is -2.27. The van der Waals surface area contributed by atoms with Gasteiger partial charge in [0.2, 0.25) is 0 Å². The number of carbonyl (C=O) groups is 1. The second-order valence-electron chi connectivity index (χ2n) is 4.18. The summed E-state index contributed by atoms with van der Waals surface area (Å²) >= 11 is 1.65. The largest absolute Gasteiger partial charge is 0.394 e. The second kappa shape index (κ2) is 7.79. The number of hydrogen-bond acceptors (Lipinski definition) is 4. The summed E-state index contributed by atoms with van der Waals surface area (Å²) in [6, 6.07) is 9.57. The maximum Gasteiger partial charge on any atom is 0.251 e. The van der Waals surface area contributed by atoms with E-state index < -0.39 is 0 Å². The maximum atomic E-state index is 11.9. The number of aliphatic hydroxyl groups excluding tert-OH is 1. The van der Waals surface area contributed by atoms with E-state index in [-0.39, 0.29) is 12.5 Å². The molecular formula is C15H17NO3S. The van der Waals surface area contributed by atoms with Crippen LogP contribution in [0.15, 0.2) is 41.1 Å². The van der Waals surface area contributed by atoms with Crippen LogP contribution in [0.2, 0.25) is 0 Å². The highest BCUT2D eigenvalue weighted by Crippen LogP contribution is 2.22. The van der Waals surface area contributed by atoms with Crippen molar-refractivity contribution in [2.75, 3.05) is 26.4 Å². The highest BCUT2D eigenvalue weighted by Gasteiger charge is 2.05. The number of aliphatic hydroxyl groups is 1. The van der Waals surface area contributed by atoms with Crippen molar-refractivity contribution in [3.63, 3.8) is 0 Å². The Morgan fingerprint density at radius 3 is 2.60 bits per heavy atom. The fourth-order valence-corrected chi connectivity index (χ4v) is 2.41. The average molecular weight is 291 g/mol. The lowest BCUT2D eigenvalue weighted by atomic mass is 10.1. The molecule has 5 heteroatoms. The molecule has 0 unspecified atom stereocenters. The van der Waals surface area contributed by atoms with Crippen molar-refractivity contribution in [2.45, 2.75) is 0 Å². The first kappa shape index (κ1) is 14.7. The second-order valence-corrected chi connectivity index (χ2v) is 4.96. The van der Waals surface area contributed by atoms with Crippen LogP contribution in [-0.4, -0.2) is 37.4 Å². The third-order valence-corrected chi connectivity index (χ3v) is 3.45. The number of carbonyl (C=O) groups excluding carboxylic acids is 1. The van der Waals surface area contributed by atoms with Crippen LogP contribution in [0.3, 0.4) is 0 Å². The van der Waals surface area contributed by atoms with Gasteiger partial charge in [-0.2, -0.15) is 11.3 Å². The van der Waals surface area contributed by atoms with Crippen molar-refractivity contribution >= 4 is 17.2 Å². The van der Waals surface area contributed by atoms with Gasteiger partial charge in [0.05, 0.1) is 19.8 Å². The van der Waals surface area contributed by atoms with E-state index in [2.05, 4.69) is 16.8 Å². The van der Waals surface area contributed by atoms with Gasteiger partial charge in [0.15, 0.2) is 0 Å². The van der Waals surface area contributed by atoms with Gasteiger partial charge in [-0.15, -0.1) is 0 Å². The van der Waals surface area contributed by atoms with Crippen LogP contribution in [0.1, 0.15) is 10.4 Å². The van der Waals surface area contributed by atoms with E-state index >= 15 is 0 Å². The quantitative estimate of drug-likeness (QED) is 0.769. The van der Waals surface area contributed by atoms with Crippen LogP contribution in [-0.2, 0) is 4.74 Å². The number of nitrogens with one attached hydrogen (secondary N) is 1. The third-order valence-electron chi connectivity index (χ3n) is 2.77. The Morgan fingerprint density at radius 1 is 1.15 bits per heavy atom. The summed E-state index contributed by atoms with van der Waals surface area (Å²) in [6.45, 7) is 1.13. The molecule has 1 heterocycles. The minimum atomic E-state index is -0.116. The fourth-order valence-electron chi connectivity index (χ4n) is 1.75. The van der Waals surface area contributed by atoms with E-state index in [9.17, 15) is 4.79 Å². The van der Waals surface area contributed by atoms with Gasteiger partial charge in [0, 0.05) is 12.1 Å². The minimum Gasteiger partial charge on any atom is -0.394 e. The zero-order valence-corrected chi connectivity index (χ0v) is 11.9. The molecule has 0 saturated carbocycles. The third kappa shape index (κ3) is 4.16. The van der Waals surface area contributed by atoms with Crippen LogP contribution in [0, 0.1) is 0 Å². The van der Waals surface area contributed by atoms with Crippen molar-refractivity contribution < 1.29 is 14.6 Å². The van der Waals surface area contributed by atoms with Crippen molar-refractivity contribution in [3.05, 3.63) is 46.7 Å². The van der Waals surface area contributed by atoms with E-state index in [1.165, 1.54) is 5.56 Å². The van der Waals surface area contributed by atoms with E-state index in [0.717, 1.165) is 5.56 Å². The first-order chi connectivity index (χ1) is 9.81. The number of hydrogen-bond donors (Lipinski definition) is 2. The van der Waals surface area contributed by atoms with Crippen LogP contribution >= 0.6 is 11.3 Å². The van der Waals surface area contributed by atoms with Crippen LogP contribution in [0.5, 0.6) is 0 Å². The lowest BCUT2D eigenvalue weighted by molar-refractivity contribution is 0.0838. The molecule has 1 aromatic heterocycles. The van der Waals surface area contributed by atoms with Gasteiger partial charge in [-0.05, 0) is 40.1 Å². The first-order valence-electron chi connectivity index (χ1n) is 6.40. The zero-order valence-electron chi connectivity index (χ0n) is 11.0. The molecule has 2 N–H and O–H groups in total. The van der Waals surface area contributed by atoms with E-state index in [0.29, 0.717) is 25.3 Å². The molecule has 0 atom stereocenters. The molecule has 1 aromatic carbocycles. The monoisotopic (exact) mass is 291 g/mol. The lowest BCUT2D eigenvalue weighted by Gasteiger charge is -2.06. The molecule has 106 valence electrons. The van der Waals surface area contributed by atoms with Gasteiger partial charge in [-0.1, -0.05) is 12.1 Å². The summed E-state index contributed by atoms with van der Waals surface area (Å²) in [6.07, 6.45) is 0. The Kier molecular flexibility index (Phi) is 5.73. The first-order valence-corrected chi connectivity index (χ1v) is 7.35. The van der Waals surface area contributed by atoms with Crippen LogP contribution in [0.4, 0.5) is 0 Å². The minimum absolute atomic E-state index is 0.00199. The normalized spacial score (nSPS) is 10.4. The molecule has 0 aliphatic carbocycles. The SMILES string of the molecule is O=C(NCCOCCO)c1ccc(-c2ccsc2)cc1. The molecule has 0 bridgehead atoms. The van der Waals surface area contributed by atoms with Gasteiger partial charge in [-0.3, -0.25) is 4.79 Å². The van der Waals surface area contributed by atoms with Gasteiger partial charge < -0.3 is 15.2 Å². The predicted octanol–water partition coefficient (Wildman–Crippen LogP) is 2.15. The van der Waals surface area contributed by atoms with Crippen molar-refractivity contribution in [3.8, 4) is 11.1 Å². The molecule has 0 aliphatic rings. The van der Waals surface area contributed by atoms with Crippen LogP contribution < -0.4 is 5.32 Å². The number of amides is 1. The summed E-state index contributed by atoms with van der Waals surface area (Å²) < 4.78 is 5.07. The van der Waals surface area contributed by atoms with Crippen molar-refractivity contribution in [1.29, 1.82) is 0 Å². The molecule has 0 radical (unpaired) electrons. The Bertz CT molecular complexity index is 523. The molecule has 2 rings (SSSR count). The van der Waals surface area contributed by atoms with Crippen LogP contribution in [0.25, 0.3) is 11.1 Å². The van der Waals surface area contributed by atoms with Gasteiger partial charge >= 0.3 is 0 Å². The van der Waals surface area contributed by atoms with Gasteiger partial charge in [0.1, 0.15) is 0 Å². The molecule has 2 aromatic rings. The fraction of sp³-hybridized carbons (Fsp3) is 0.267. The Labute approximate surface area is 122 Å². The summed E-state index contributed by atoms with van der Waals surface area (Å²) in [4.78, 5) is 11.9. The summed E-state index contributed by atoms with van der Waals surface area (Å²) in [7, 11) is 0. The smallest absolute Gasteiger partial charge is 0.251 e. The molecule has 0 spiro atoms. The summed E-state index contributed by atoms with van der Waals surface area (Å²) in [5, 5.41) is 15.4. The van der Waals surface area contributed by atoms with E-state index in [4.69, 9.17) is 9.84 Å². The molecule has 0 fully saturated rings. The highest BCUT2D eigenvalue weighted by atomic mass is 32.1. The Morgan fingerprint density at radius 2 is 1.95 bits per heavy atom. The molecule has 0 saturated heterocycles. The molecule has 1 amide bonds. The van der Waals surface area contributed by atoms with Gasteiger partial charge in [0.25, 0.3) is 5.91 Å². The topological polar surface area (TPSA) is 58.6 Å². The molecule has 0 aliphatic heterocycles. The van der Waals surface area contributed by atoms with E-state index in [1.54, 1.807) is 11.3 Å². The number of rotatable bonds is 7. The average Bonchev–Trinajstić information content (AvgIpc) is 3.01. The molecular weight excluding hydrogens is 274 g/mol. The Balaban J connectivity index is 1.85. The van der Waals surface area contributed by atoms with Gasteiger partial charge in [-0.25, -0.2) is 0 Å². The van der Waals surface area contributed by atoms with Crippen molar-refractivity contribution in [1.82, 2.24) is 5.32 Å². The highest BCUT2D eigenvalue weighted by molar-refractivity contribution is 7.08. The zero-order chi connectivity index (χ0) is 14.2. The molecule has 4 nitrogen and oxygen atoms in total. The Hall–Kier alpha value is -1.69. The molecule has 20 heavy (non-hydrogen) atoms. The number of ether oxygens (including phenoxy) is 1. The van der Waals surface area contributed by atoms with E-state index in [1.807, 2.05) is 29.6 Å².